The molecule has 1 aromatic rings. The summed E-state index contributed by atoms with van der Waals surface area (Å²) in [5, 5.41) is 10.0. The fraction of sp³-hybridized carbons (Fsp3) is 0.600. The lowest BCUT2D eigenvalue weighted by Crippen LogP contribution is -2.37. The molecular weight excluding hydrogens is 226 g/mol. The monoisotopic (exact) mass is 251 g/mol. The minimum atomic E-state index is 0.237. The molecule has 0 fully saturated rings. The van der Waals surface area contributed by atoms with Crippen LogP contribution in [0.25, 0.3) is 0 Å². The molecule has 1 N–H and O–H groups in total. The minimum absolute atomic E-state index is 0.237. The first-order valence-corrected chi connectivity index (χ1v) is 6.64. The van der Waals surface area contributed by atoms with E-state index in [0.717, 1.165) is 18.5 Å². The van der Waals surface area contributed by atoms with Crippen molar-refractivity contribution in [1.82, 2.24) is 4.90 Å². The minimum Gasteiger partial charge on any atom is -0.508 e. The van der Waals surface area contributed by atoms with Crippen LogP contribution in [0.5, 0.6) is 5.75 Å². The van der Waals surface area contributed by atoms with Gasteiger partial charge in [0, 0.05) is 31.3 Å². The first kappa shape index (κ1) is 15.0. The van der Waals surface area contributed by atoms with Crippen LogP contribution < -0.4 is 0 Å². The molecule has 3 nitrogen and oxygen atoms in total. The summed E-state index contributed by atoms with van der Waals surface area (Å²) < 4.78 is 5.18. The number of nitrogens with zero attached hydrogens (tertiary/aromatic N) is 1. The second kappa shape index (κ2) is 7.39. The van der Waals surface area contributed by atoms with Gasteiger partial charge in [-0.15, -0.1) is 0 Å². The van der Waals surface area contributed by atoms with E-state index < -0.39 is 0 Å². The van der Waals surface area contributed by atoms with Crippen LogP contribution in [0, 0.1) is 0 Å². The van der Waals surface area contributed by atoms with E-state index in [2.05, 4.69) is 25.7 Å². The van der Waals surface area contributed by atoms with Crippen LogP contribution in [0.2, 0.25) is 0 Å². The van der Waals surface area contributed by atoms with Gasteiger partial charge in [0.1, 0.15) is 5.75 Å². The lowest BCUT2D eigenvalue weighted by Gasteiger charge is -2.34. The Balaban J connectivity index is 2.95. The Labute approximate surface area is 110 Å². The zero-order chi connectivity index (χ0) is 13.5. The van der Waals surface area contributed by atoms with Gasteiger partial charge in [0.05, 0.1) is 6.61 Å². The third-order valence-corrected chi connectivity index (χ3v) is 3.30. The molecule has 1 atom stereocenters. The second-order valence-electron chi connectivity index (χ2n) is 4.81. The maximum atomic E-state index is 10.0. The van der Waals surface area contributed by atoms with Gasteiger partial charge in [0.25, 0.3) is 0 Å². The van der Waals surface area contributed by atoms with E-state index in [1.54, 1.807) is 13.2 Å². The molecule has 0 spiro atoms. The lowest BCUT2D eigenvalue weighted by atomic mass is 10.0. The van der Waals surface area contributed by atoms with Crippen molar-refractivity contribution in [2.75, 3.05) is 20.3 Å². The first-order chi connectivity index (χ1) is 8.61. The third-order valence-electron chi connectivity index (χ3n) is 3.30. The third kappa shape index (κ3) is 3.72. The number of ether oxygens (including phenoxy) is 1. The molecule has 0 aliphatic rings. The van der Waals surface area contributed by atoms with Gasteiger partial charge in [-0.3, -0.25) is 4.90 Å². The summed E-state index contributed by atoms with van der Waals surface area (Å²) in [5.41, 5.74) is 1.00. The Bertz CT molecular complexity index is 352. The van der Waals surface area contributed by atoms with Gasteiger partial charge in [0.2, 0.25) is 0 Å². The van der Waals surface area contributed by atoms with Gasteiger partial charge in [0.15, 0.2) is 0 Å². The number of rotatable bonds is 7. The van der Waals surface area contributed by atoms with E-state index in [4.69, 9.17) is 4.74 Å². The summed E-state index contributed by atoms with van der Waals surface area (Å²) in [7, 11) is 1.72. The van der Waals surface area contributed by atoms with Crippen LogP contribution in [0.1, 0.15) is 38.8 Å². The smallest absolute Gasteiger partial charge is 0.120 e. The SMILES string of the molecule is CCC(c1ccccc1O)N(CCOC)C(C)C. The van der Waals surface area contributed by atoms with Crippen molar-refractivity contribution in [3.8, 4) is 5.75 Å². The number of phenols is 1. The van der Waals surface area contributed by atoms with Crippen molar-refractivity contribution in [3.63, 3.8) is 0 Å². The van der Waals surface area contributed by atoms with Gasteiger partial charge in [-0.25, -0.2) is 0 Å². The summed E-state index contributed by atoms with van der Waals surface area (Å²) in [6.07, 6.45) is 0.972. The maximum Gasteiger partial charge on any atom is 0.120 e. The molecule has 102 valence electrons. The van der Waals surface area contributed by atoms with Crippen molar-refractivity contribution in [2.45, 2.75) is 39.3 Å². The molecule has 0 amide bonds. The molecular formula is C15H25NO2. The highest BCUT2D eigenvalue weighted by Gasteiger charge is 2.23. The van der Waals surface area contributed by atoms with Crippen LogP contribution in [0.3, 0.4) is 0 Å². The van der Waals surface area contributed by atoms with E-state index in [1.165, 1.54) is 0 Å². The Kier molecular flexibility index (Phi) is 6.16. The van der Waals surface area contributed by atoms with Crippen LogP contribution in [-0.2, 0) is 4.74 Å². The van der Waals surface area contributed by atoms with Crippen LogP contribution >= 0.6 is 0 Å². The fourth-order valence-electron chi connectivity index (χ4n) is 2.37. The van der Waals surface area contributed by atoms with Crippen molar-refractivity contribution in [2.24, 2.45) is 0 Å². The molecule has 18 heavy (non-hydrogen) atoms. The zero-order valence-corrected chi connectivity index (χ0v) is 11.9. The van der Waals surface area contributed by atoms with E-state index in [0.29, 0.717) is 18.4 Å². The Morgan fingerprint density at radius 2 is 1.94 bits per heavy atom. The molecule has 0 saturated heterocycles. The number of aromatic hydroxyl groups is 1. The number of para-hydroxylation sites is 1. The van der Waals surface area contributed by atoms with Gasteiger partial charge >= 0.3 is 0 Å². The number of hydrogen-bond acceptors (Lipinski definition) is 3. The molecule has 1 unspecified atom stereocenters. The summed E-state index contributed by atoms with van der Waals surface area (Å²) in [4.78, 5) is 2.37. The van der Waals surface area contributed by atoms with Crippen molar-refractivity contribution < 1.29 is 9.84 Å². The zero-order valence-electron chi connectivity index (χ0n) is 11.9. The number of hydrogen-bond donors (Lipinski definition) is 1. The topological polar surface area (TPSA) is 32.7 Å². The first-order valence-electron chi connectivity index (χ1n) is 6.64. The van der Waals surface area contributed by atoms with Gasteiger partial charge in [-0.2, -0.15) is 0 Å². The second-order valence-corrected chi connectivity index (χ2v) is 4.81. The molecule has 0 aromatic heterocycles. The predicted molar refractivity (Wildman–Crippen MR) is 74.9 cm³/mol. The van der Waals surface area contributed by atoms with E-state index in [9.17, 15) is 5.11 Å². The quantitative estimate of drug-likeness (QED) is 0.807. The molecule has 0 saturated carbocycles. The maximum absolute atomic E-state index is 10.0. The highest BCUT2D eigenvalue weighted by Crippen LogP contribution is 2.31. The highest BCUT2D eigenvalue weighted by molar-refractivity contribution is 5.34. The van der Waals surface area contributed by atoms with Crippen molar-refractivity contribution >= 4 is 0 Å². The van der Waals surface area contributed by atoms with Crippen LogP contribution in [0.15, 0.2) is 24.3 Å². The van der Waals surface area contributed by atoms with Crippen molar-refractivity contribution in [3.05, 3.63) is 29.8 Å². The van der Waals surface area contributed by atoms with Crippen LogP contribution in [-0.4, -0.2) is 36.3 Å². The Hall–Kier alpha value is -1.06. The average Bonchev–Trinajstić information content (AvgIpc) is 2.35. The fourth-order valence-corrected chi connectivity index (χ4v) is 2.37. The van der Waals surface area contributed by atoms with Gasteiger partial charge in [-0.1, -0.05) is 25.1 Å². The Morgan fingerprint density at radius 1 is 1.28 bits per heavy atom. The summed E-state index contributed by atoms with van der Waals surface area (Å²) in [6, 6.07) is 8.26. The predicted octanol–water partition coefficient (Wildman–Crippen LogP) is 3.20. The molecule has 0 aliphatic heterocycles. The molecule has 0 heterocycles. The van der Waals surface area contributed by atoms with Gasteiger partial charge in [-0.05, 0) is 26.3 Å². The largest absolute Gasteiger partial charge is 0.508 e. The Morgan fingerprint density at radius 3 is 2.44 bits per heavy atom. The molecule has 0 bridgehead atoms. The summed E-state index contributed by atoms with van der Waals surface area (Å²) in [6.45, 7) is 8.10. The number of phenolic OH excluding ortho intramolecular Hbond substituents is 1. The van der Waals surface area contributed by atoms with E-state index in [-0.39, 0.29) is 6.04 Å². The normalized spacial score (nSPS) is 13.2. The highest BCUT2D eigenvalue weighted by atomic mass is 16.5. The van der Waals surface area contributed by atoms with E-state index in [1.807, 2.05) is 18.2 Å². The standard InChI is InChI=1S/C15H25NO2/c1-5-14(13-8-6-7-9-15(13)17)16(12(2)3)10-11-18-4/h6-9,12,14,17H,5,10-11H2,1-4H3. The molecule has 0 aliphatic carbocycles. The average molecular weight is 251 g/mol. The summed E-state index contributed by atoms with van der Waals surface area (Å²) in [5.74, 6) is 0.382. The molecule has 1 rings (SSSR count). The number of methoxy groups -OCH3 is 1. The van der Waals surface area contributed by atoms with Gasteiger partial charge < -0.3 is 9.84 Å². The lowest BCUT2D eigenvalue weighted by molar-refractivity contribution is 0.0923. The number of benzene rings is 1. The molecule has 1 aromatic carbocycles. The molecule has 0 radical (unpaired) electrons. The van der Waals surface area contributed by atoms with Crippen molar-refractivity contribution in [1.29, 1.82) is 0 Å². The van der Waals surface area contributed by atoms with Crippen LogP contribution in [0.4, 0.5) is 0 Å². The van der Waals surface area contributed by atoms with E-state index >= 15 is 0 Å². The summed E-state index contributed by atoms with van der Waals surface area (Å²) >= 11 is 0. The molecule has 3 heteroatoms.